The molecule has 4 heteroatoms. The van der Waals surface area contributed by atoms with Gasteiger partial charge in [-0.05, 0) is 48.6 Å². The SMILES string of the molecule is O=C(c1ccc(NCCCc2ccccc2)cn1)N1CCc2ccccc21. The number of benzene rings is 2. The number of carbonyl (C=O) groups excluding carboxylic acids is 1. The molecule has 4 rings (SSSR count). The van der Waals surface area contributed by atoms with E-state index in [0.29, 0.717) is 5.69 Å². The Hall–Kier alpha value is -3.14. The first-order valence-electron chi connectivity index (χ1n) is 9.45. The molecular formula is C23H23N3O. The normalized spacial score (nSPS) is 12.7. The largest absolute Gasteiger partial charge is 0.384 e. The molecule has 3 aromatic rings. The molecule has 0 aliphatic carbocycles. The van der Waals surface area contributed by atoms with E-state index in [4.69, 9.17) is 0 Å². The van der Waals surface area contributed by atoms with Crippen molar-refractivity contribution in [2.45, 2.75) is 19.3 Å². The molecule has 0 unspecified atom stereocenters. The van der Waals surface area contributed by atoms with Gasteiger partial charge in [0.2, 0.25) is 0 Å². The number of pyridine rings is 1. The minimum Gasteiger partial charge on any atom is -0.384 e. The van der Waals surface area contributed by atoms with Crippen LogP contribution in [0.5, 0.6) is 0 Å². The number of hydrogen-bond acceptors (Lipinski definition) is 3. The van der Waals surface area contributed by atoms with Crippen molar-refractivity contribution in [3.05, 3.63) is 89.7 Å². The van der Waals surface area contributed by atoms with Gasteiger partial charge in [-0.15, -0.1) is 0 Å². The molecule has 0 spiro atoms. The molecule has 1 N–H and O–H groups in total. The zero-order valence-corrected chi connectivity index (χ0v) is 15.3. The van der Waals surface area contributed by atoms with Crippen molar-refractivity contribution in [2.24, 2.45) is 0 Å². The second-order valence-electron chi connectivity index (χ2n) is 6.78. The first kappa shape index (κ1) is 17.3. The molecule has 0 fully saturated rings. The van der Waals surface area contributed by atoms with Crippen LogP contribution in [0.1, 0.15) is 28.0 Å². The minimum atomic E-state index is -0.0319. The summed E-state index contributed by atoms with van der Waals surface area (Å²) in [6.45, 7) is 1.60. The summed E-state index contributed by atoms with van der Waals surface area (Å²) >= 11 is 0. The van der Waals surface area contributed by atoms with Gasteiger partial charge in [0.1, 0.15) is 5.69 Å². The Balaban J connectivity index is 1.32. The van der Waals surface area contributed by atoms with E-state index in [1.807, 2.05) is 41.3 Å². The van der Waals surface area contributed by atoms with Crippen molar-refractivity contribution in [3.8, 4) is 0 Å². The second-order valence-corrected chi connectivity index (χ2v) is 6.78. The molecule has 2 aromatic carbocycles. The lowest BCUT2D eigenvalue weighted by Gasteiger charge is -2.17. The van der Waals surface area contributed by atoms with Crippen molar-refractivity contribution in [3.63, 3.8) is 0 Å². The Kier molecular flexibility index (Phi) is 5.15. The number of aromatic nitrogens is 1. The van der Waals surface area contributed by atoms with Crippen molar-refractivity contribution in [2.75, 3.05) is 23.3 Å². The molecule has 136 valence electrons. The third-order valence-corrected chi connectivity index (χ3v) is 4.93. The molecule has 1 aliphatic rings. The number of anilines is 2. The van der Waals surface area contributed by atoms with Gasteiger partial charge in [-0.3, -0.25) is 4.79 Å². The van der Waals surface area contributed by atoms with E-state index in [9.17, 15) is 4.79 Å². The molecule has 1 aliphatic heterocycles. The van der Waals surface area contributed by atoms with E-state index in [1.54, 1.807) is 6.20 Å². The highest BCUT2D eigenvalue weighted by molar-refractivity contribution is 6.06. The van der Waals surface area contributed by atoms with Crippen LogP contribution in [0.4, 0.5) is 11.4 Å². The molecule has 2 heterocycles. The minimum absolute atomic E-state index is 0.0319. The van der Waals surface area contributed by atoms with E-state index in [2.05, 4.69) is 40.6 Å². The van der Waals surface area contributed by atoms with Crippen LogP contribution in [-0.2, 0) is 12.8 Å². The second kappa shape index (κ2) is 8.04. The highest BCUT2D eigenvalue weighted by Crippen LogP contribution is 2.28. The highest BCUT2D eigenvalue weighted by atomic mass is 16.2. The topological polar surface area (TPSA) is 45.2 Å². The van der Waals surface area contributed by atoms with Crippen LogP contribution < -0.4 is 10.2 Å². The highest BCUT2D eigenvalue weighted by Gasteiger charge is 2.25. The van der Waals surface area contributed by atoms with Crippen molar-refractivity contribution in [1.82, 2.24) is 4.98 Å². The molecule has 0 radical (unpaired) electrons. The Morgan fingerprint density at radius 1 is 1.00 bits per heavy atom. The van der Waals surface area contributed by atoms with Crippen molar-refractivity contribution < 1.29 is 4.79 Å². The van der Waals surface area contributed by atoms with Gasteiger partial charge in [0.15, 0.2) is 0 Å². The number of rotatable bonds is 6. The van der Waals surface area contributed by atoms with E-state index in [-0.39, 0.29) is 5.91 Å². The number of hydrogen-bond donors (Lipinski definition) is 1. The van der Waals surface area contributed by atoms with Gasteiger partial charge in [0.25, 0.3) is 5.91 Å². The Labute approximate surface area is 159 Å². The summed E-state index contributed by atoms with van der Waals surface area (Å²) in [6, 6.07) is 22.3. The fourth-order valence-electron chi connectivity index (χ4n) is 3.48. The van der Waals surface area contributed by atoms with E-state index in [0.717, 1.165) is 43.7 Å². The fourth-order valence-corrected chi connectivity index (χ4v) is 3.48. The Morgan fingerprint density at radius 3 is 2.63 bits per heavy atom. The van der Waals surface area contributed by atoms with Crippen LogP contribution in [0.3, 0.4) is 0 Å². The predicted molar refractivity (Wildman–Crippen MR) is 109 cm³/mol. The maximum absolute atomic E-state index is 12.8. The summed E-state index contributed by atoms with van der Waals surface area (Å²) in [6.07, 6.45) is 4.75. The van der Waals surface area contributed by atoms with Gasteiger partial charge < -0.3 is 10.2 Å². The van der Waals surface area contributed by atoms with Gasteiger partial charge in [0.05, 0.1) is 11.9 Å². The zero-order valence-electron chi connectivity index (χ0n) is 15.3. The summed E-state index contributed by atoms with van der Waals surface area (Å²) in [5.74, 6) is -0.0319. The number of fused-ring (bicyclic) bond motifs is 1. The molecule has 0 saturated carbocycles. The zero-order chi connectivity index (χ0) is 18.5. The van der Waals surface area contributed by atoms with Crippen LogP contribution in [0.2, 0.25) is 0 Å². The average Bonchev–Trinajstić information content (AvgIpc) is 3.16. The van der Waals surface area contributed by atoms with Gasteiger partial charge in [-0.1, -0.05) is 48.5 Å². The molecule has 0 saturated heterocycles. The van der Waals surface area contributed by atoms with Gasteiger partial charge in [0, 0.05) is 18.8 Å². The van der Waals surface area contributed by atoms with Crippen LogP contribution in [-0.4, -0.2) is 24.0 Å². The molecule has 27 heavy (non-hydrogen) atoms. The molecule has 4 nitrogen and oxygen atoms in total. The summed E-state index contributed by atoms with van der Waals surface area (Å²) in [5.41, 5.74) is 5.02. The molecule has 0 atom stereocenters. The molecule has 0 bridgehead atoms. The van der Waals surface area contributed by atoms with E-state index < -0.39 is 0 Å². The fraction of sp³-hybridized carbons (Fsp3) is 0.217. The maximum atomic E-state index is 12.8. The van der Waals surface area contributed by atoms with Crippen LogP contribution >= 0.6 is 0 Å². The number of nitrogens with zero attached hydrogens (tertiary/aromatic N) is 2. The third kappa shape index (κ3) is 4.00. The lowest BCUT2D eigenvalue weighted by molar-refractivity contribution is 0.0984. The maximum Gasteiger partial charge on any atom is 0.276 e. The van der Waals surface area contributed by atoms with E-state index in [1.165, 1.54) is 11.1 Å². The summed E-state index contributed by atoms with van der Waals surface area (Å²) in [5, 5.41) is 3.38. The molecule has 1 amide bonds. The summed E-state index contributed by atoms with van der Waals surface area (Å²) in [4.78, 5) is 19.0. The number of nitrogens with one attached hydrogen (secondary N) is 1. The first-order chi connectivity index (χ1) is 13.3. The lowest BCUT2D eigenvalue weighted by Crippen LogP contribution is -2.29. The summed E-state index contributed by atoms with van der Waals surface area (Å²) in [7, 11) is 0. The lowest BCUT2D eigenvalue weighted by atomic mass is 10.1. The number of amides is 1. The van der Waals surface area contributed by atoms with Gasteiger partial charge in [-0.25, -0.2) is 4.98 Å². The standard InChI is InChI=1S/C23H23N3O/c27-23(26-16-14-19-10-4-5-11-22(19)26)21-13-12-20(17-25-21)24-15-6-9-18-7-2-1-3-8-18/h1-5,7-8,10-13,17,24H,6,9,14-16H2. The number of para-hydroxylation sites is 1. The Bertz CT molecular complexity index is 906. The first-order valence-corrected chi connectivity index (χ1v) is 9.45. The van der Waals surface area contributed by atoms with Gasteiger partial charge >= 0.3 is 0 Å². The van der Waals surface area contributed by atoms with Crippen LogP contribution in [0.15, 0.2) is 72.9 Å². The van der Waals surface area contributed by atoms with Crippen LogP contribution in [0, 0.1) is 0 Å². The number of aryl methyl sites for hydroxylation is 1. The monoisotopic (exact) mass is 357 g/mol. The van der Waals surface area contributed by atoms with E-state index >= 15 is 0 Å². The predicted octanol–water partition coefficient (Wildman–Crippen LogP) is 4.33. The molecular weight excluding hydrogens is 334 g/mol. The Morgan fingerprint density at radius 2 is 1.81 bits per heavy atom. The average molecular weight is 357 g/mol. The third-order valence-electron chi connectivity index (χ3n) is 4.93. The van der Waals surface area contributed by atoms with Crippen molar-refractivity contribution >= 4 is 17.3 Å². The quantitative estimate of drug-likeness (QED) is 0.668. The molecule has 1 aromatic heterocycles. The van der Waals surface area contributed by atoms with Crippen LogP contribution in [0.25, 0.3) is 0 Å². The smallest absolute Gasteiger partial charge is 0.276 e. The number of carbonyl (C=O) groups is 1. The van der Waals surface area contributed by atoms with Crippen molar-refractivity contribution in [1.29, 1.82) is 0 Å². The summed E-state index contributed by atoms with van der Waals surface area (Å²) < 4.78 is 0. The van der Waals surface area contributed by atoms with Gasteiger partial charge in [-0.2, -0.15) is 0 Å².